The Morgan fingerprint density at radius 2 is 1.87 bits per heavy atom. The van der Waals surface area contributed by atoms with Gasteiger partial charge in [0.05, 0.1) is 12.0 Å². The summed E-state index contributed by atoms with van der Waals surface area (Å²) in [6.45, 7) is 5.18. The molecule has 1 aromatic heterocycles. The largest absolute Gasteiger partial charge is 0.481 e. The molecule has 30 heavy (non-hydrogen) atoms. The number of carbonyl (C=O) groups is 3. The third kappa shape index (κ3) is 5.28. The second-order valence-electron chi connectivity index (χ2n) is 8.60. The second kappa shape index (κ2) is 8.33. The van der Waals surface area contributed by atoms with Crippen molar-refractivity contribution in [3.05, 3.63) is 35.8 Å². The van der Waals surface area contributed by atoms with Gasteiger partial charge in [0.25, 0.3) is 5.91 Å². The van der Waals surface area contributed by atoms with E-state index in [-0.39, 0.29) is 12.1 Å². The van der Waals surface area contributed by atoms with Crippen LogP contribution >= 0.6 is 0 Å². The first kappa shape index (κ1) is 21.6. The van der Waals surface area contributed by atoms with Crippen molar-refractivity contribution in [2.24, 2.45) is 5.92 Å². The van der Waals surface area contributed by atoms with Crippen molar-refractivity contribution in [3.8, 4) is 0 Å². The van der Waals surface area contributed by atoms with Crippen molar-refractivity contribution in [3.63, 3.8) is 0 Å². The smallest absolute Gasteiger partial charge is 0.407 e. The summed E-state index contributed by atoms with van der Waals surface area (Å²) in [5, 5.41) is 15.5. The lowest BCUT2D eigenvalue weighted by atomic mass is 9.82. The van der Waals surface area contributed by atoms with Crippen molar-refractivity contribution in [2.45, 2.75) is 57.7 Å². The summed E-state index contributed by atoms with van der Waals surface area (Å²) in [5.41, 5.74) is 0.176. The molecule has 1 aliphatic carbocycles. The van der Waals surface area contributed by atoms with E-state index in [2.05, 4.69) is 15.6 Å². The third-order valence-corrected chi connectivity index (χ3v) is 5.05. The normalized spacial score (nSPS) is 21.8. The Morgan fingerprint density at radius 3 is 2.53 bits per heavy atom. The van der Waals surface area contributed by atoms with Crippen LogP contribution in [0.4, 0.5) is 9.18 Å². The lowest BCUT2D eigenvalue weighted by molar-refractivity contribution is -0.143. The molecule has 0 radical (unpaired) electrons. The van der Waals surface area contributed by atoms with Crippen LogP contribution in [-0.4, -0.2) is 45.7 Å². The molecule has 1 heterocycles. The number of alkyl carbamates (subject to hydrolysis) is 1. The molecule has 1 fully saturated rings. The summed E-state index contributed by atoms with van der Waals surface area (Å²) in [5.74, 6) is -2.37. The summed E-state index contributed by atoms with van der Waals surface area (Å²) in [7, 11) is 0. The van der Waals surface area contributed by atoms with Gasteiger partial charge in [0, 0.05) is 16.9 Å². The van der Waals surface area contributed by atoms with Crippen LogP contribution in [0.25, 0.3) is 10.9 Å². The number of carboxylic acids is 1. The number of carboxylic acid groups (broad SMARTS) is 1. The maximum Gasteiger partial charge on any atom is 0.407 e. The van der Waals surface area contributed by atoms with E-state index >= 15 is 0 Å². The number of benzene rings is 1. The van der Waals surface area contributed by atoms with Gasteiger partial charge in [-0.2, -0.15) is 0 Å². The number of aromatic nitrogens is 1. The molecule has 0 saturated heterocycles. The van der Waals surface area contributed by atoms with Crippen LogP contribution in [0, 0.1) is 11.7 Å². The monoisotopic (exact) mass is 419 g/mol. The van der Waals surface area contributed by atoms with Gasteiger partial charge in [0.15, 0.2) is 0 Å². The van der Waals surface area contributed by atoms with Gasteiger partial charge in [-0.15, -0.1) is 0 Å². The molecule has 3 atom stereocenters. The SMILES string of the molecule is CC(C)(C)OC(=O)N[C@@H]1C[C@@H](C(=O)O)CC[C@@H]1NC(=O)c1cc2cc(F)ccc2[nH]1. The van der Waals surface area contributed by atoms with E-state index in [1.807, 2.05) is 0 Å². The molecule has 0 spiro atoms. The molecule has 1 saturated carbocycles. The van der Waals surface area contributed by atoms with Gasteiger partial charge >= 0.3 is 12.1 Å². The summed E-state index contributed by atoms with van der Waals surface area (Å²) in [4.78, 5) is 39.3. The number of ether oxygens (including phenoxy) is 1. The fraction of sp³-hybridized carbons (Fsp3) is 0.476. The first-order chi connectivity index (χ1) is 14.0. The molecule has 2 aromatic rings. The van der Waals surface area contributed by atoms with E-state index in [9.17, 15) is 23.9 Å². The van der Waals surface area contributed by atoms with Gasteiger partial charge in [-0.05, 0) is 64.3 Å². The Hall–Kier alpha value is -3.10. The average molecular weight is 419 g/mol. The van der Waals surface area contributed by atoms with Gasteiger partial charge in [-0.25, -0.2) is 9.18 Å². The number of aliphatic carboxylic acids is 1. The summed E-state index contributed by atoms with van der Waals surface area (Å²) in [6.07, 6.45) is 0.277. The molecule has 2 amide bonds. The van der Waals surface area contributed by atoms with Gasteiger partial charge in [-0.3, -0.25) is 9.59 Å². The van der Waals surface area contributed by atoms with E-state index in [1.54, 1.807) is 32.9 Å². The van der Waals surface area contributed by atoms with Crippen LogP contribution in [0.5, 0.6) is 0 Å². The van der Waals surface area contributed by atoms with Gasteiger partial charge in [0.2, 0.25) is 0 Å². The zero-order valence-electron chi connectivity index (χ0n) is 17.1. The lowest BCUT2D eigenvalue weighted by Crippen LogP contribution is -2.55. The first-order valence-corrected chi connectivity index (χ1v) is 9.83. The van der Waals surface area contributed by atoms with Crippen LogP contribution in [0.15, 0.2) is 24.3 Å². The maximum absolute atomic E-state index is 13.4. The van der Waals surface area contributed by atoms with E-state index in [1.165, 1.54) is 12.1 Å². The Morgan fingerprint density at radius 1 is 1.13 bits per heavy atom. The summed E-state index contributed by atoms with van der Waals surface area (Å²) in [6, 6.07) is 4.66. The highest BCUT2D eigenvalue weighted by molar-refractivity contribution is 5.98. The van der Waals surface area contributed by atoms with Crippen molar-refractivity contribution >= 4 is 28.9 Å². The van der Waals surface area contributed by atoms with Crippen LogP contribution in [0.3, 0.4) is 0 Å². The molecule has 0 unspecified atom stereocenters. The maximum atomic E-state index is 13.4. The number of fused-ring (bicyclic) bond motifs is 1. The highest BCUT2D eigenvalue weighted by Crippen LogP contribution is 2.26. The minimum atomic E-state index is -0.937. The van der Waals surface area contributed by atoms with E-state index in [4.69, 9.17) is 4.74 Å². The van der Waals surface area contributed by atoms with E-state index in [0.717, 1.165) is 0 Å². The number of halogens is 1. The van der Waals surface area contributed by atoms with Crippen LogP contribution < -0.4 is 10.6 Å². The van der Waals surface area contributed by atoms with E-state index in [0.29, 0.717) is 23.7 Å². The number of hydrogen-bond donors (Lipinski definition) is 4. The minimum Gasteiger partial charge on any atom is -0.481 e. The Kier molecular flexibility index (Phi) is 6.00. The number of amides is 2. The molecule has 1 aromatic carbocycles. The fourth-order valence-electron chi connectivity index (χ4n) is 3.66. The number of H-pyrrole nitrogens is 1. The predicted octanol–water partition coefficient (Wildman–Crippen LogP) is 3.18. The van der Waals surface area contributed by atoms with Crippen molar-refractivity contribution in [1.29, 1.82) is 0 Å². The third-order valence-electron chi connectivity index (χ3n) is 5.05. The zero-order valence-corrected chi connectivity index (χ0v) is 17.1. The van der Waals surface area contributed by atoms with Gasteiger partial charge in [-0.1, -0.05) is 0 Å². The Balaban J connectivity index is 1.73. The number of aromatic amines is 1. The van der Waals surface area contributed by atoms with Crippen LogP contribution in [0.2, 0.25) is 0 Å². The Labute approximate surface area is 173 Å². The molecule has 0 bridgehead atoms. The molecule has 3 rings (SSSR count). The molecule has 0 aliphatic heterocycles. The first-order valence-electron chi connectivity index (χ1n) is 9.83. The number of hydrogen-bond acceptors (Lipinski definition) is 4. The number of nitrogens with one attached hydrogen (secondary N) is 3. The van der Waals surface area contributed by atoms with Gasteiger partial charge < -0.3 is 25.5 Å². The molecule has 8 nitrogen and oxygen atoms in total. The zero-order chi connectivity index (χ0) is 22.1. The highest BCUT2D eigenvalue weighted by atomic mass is 19.1. The fourth-order valence-corrected chi connectivity index (χ4v) is 3.66. The second-order valence-corrected chi connectivity index (χ2v) is 8.60. The predicted molar refractivity (Wildman–Crippen MR) is 108 cm³/mol. The highest BCUT2D eigenvalue weighted by Gasteiger charge is 2.36. The molecule has 162 valence electrons. The average Bonchev–Trinajstić information content (AvgIpc) is 3.04. The molecule has 1 aliphatic rings. The standard InChI is InChI=1S/C21H26FN3O5/c1-21(2,3)30-20(29)25-16-9-11(19(27)28)4-6-15(16)24-18(26)17-10-12-8-13(22)5-7-14(12)23-17/h5,7-8,10-11,15-16,23H,4,6,9H2,1-3H3,(H,24,26)(H,25,29)(H,27,28)/t11-,15-,16+/m0/s1. The Bertz CT molecular complexity index is 965. The summed E-state index contributed by atoms with van der Waals surface area (Å²) < 4.78 is 18.7. The molecular formula is C21H26FN3O5. The van der Waals surface area contributed by atoms with Crippen LogP contribution in [0.1, 0.15) is 50.5 Å². The van der Waals surface area contributed by atoms with E-state index < -0.39 is 47.4 Å². The number of rotatable bonds is 4. The quantitative estimate of drug-likeness (QED) is 0.607. The molecular weight excluding hydrogens is 393 g/mol. The van der Waals surface area contributed by atoms with Gasteiger partial charge in [0.1, 0.15) is 17.1 Å². The van der Waals surface area contributed by atoms with Crippen molar-refractivity contribution < 1.29 is 28.6 Å². The van der Waals surface area contributed by atoms with Crippen LogP contribution in [-0.2, 0) is 9.53 Å². The molecule has 9 heteroatoms. The topological polar surface area (TPSA) is 121 Å². The molecule has 4 N–H and O–H groups in total. The minimum absolute atomic E-state index is 0.178. The number of carbonyl (C=O) groups excluding carboxylic acids is 2. The lowest BCUT2D eigenvalue weighted by Gasteiger charge is -2.35. The summed E-state index contributed by atoms with van der Waals surface area (Å²) >= 11 is 0. The van der Waals surface area contributed by atoms with Crippen molar-refractivity contribution in [2.75, 3.05) is 0 Å². The van der Waals surface area contributed by atoms with Crippen molar-refractivity contribution in [1.82, 2.24) is 15.6 Å².